The molecule has 0 N–H and O–H groups in total. The molecule has 3 aliphatic rings. The van der Waals surface area contributed by atoms with Gasteiger partial charge < -0.3 is 9.30 Å². The van der Waals surface area contributed by atoms with E-state index < -0.39 is 0 Å². The van der Waals surface area contributed by atoms with Gasteiger partial charge in [-0.2, -0.15) is 0 Å². The molecule has 0 bridgehead atoms. The number of esters is 1. The van der Waals surface area contributed by atoms with Crippen molar-refractivity contribution in [3.8, 4) is 11.4 Å². The van der Waals surface area contributed by atoms with Crippen LogP contribution in [-0.4, -0.2) is 15.5 Å². The quantitative estimate of drug-likeness (QED) is 0.415. The van der Waals surface area contributed by atoms with Crippen LogP contribution < -0.4 is 5.56 Å². The topological polar surface area (TPSA) is 61.2 Å². The molecule has 5 nitrogen and oxygen atoms in total. The third-order valence-corrected chi connectivity index (χ3v) is 6.43. The minimum Gasteiger partial charge on any atom is -0.460 e. The van der Waals surface area contributed by atoms with Crippen LogP contribution in [0.2, 0.25) is 0 Å². The number of aryl methyl sites for hydroxylation is 2. The Bertz CT molecular complexity index is 1310. The van der Waals surface area contributed by atoms with Gasteiger partial charge in [-0.3, -0.25) is 9.59 Å². The van der Waals surface area contributed by atoms with E-state index in [2.05, 4.69) is 0 Å². The van der Waals surface area contributed by atoms with Gasteiger partial charge in [0.15, 0.2) is 0 Å². The summed E-state index contributed by atoms with van der Waals surface area (Å²) < 4.78 is 21.3. The lowest BCUT2D eigenvalue weighted by molar-refractivity contribution is -0.145. The Labute approximate surface area is 173 Å². The number of carbonyl (C=O) groups is 1. The maximum atomic E-state index is 14.5. The largest absolute Gasteiger partial charge is 0.460 e. The number of ether oxygens (including phenoxy) is 1. The molecule has 154 valence electrons. The molecule has 0 saturated heterocycles. The summed E-state index contributed by atoms with van der Waals surface area (Å²) in [7, 11) is 0. The van der Waals surface area contributed by atoms with E-state index in [1.807, 2.05) is 26.8 Å². The van der Waals surface area contributed by atoms with E-state index in [0.29, 0.717) is 28.8 Å². The predicted octanol–water partition coefficient (Wildman–Crippen LogP) is 3.99. The van der Waals surface area contributed by atoms with Gasteiger partial charge in [0, 0.05) is 17.0 Å². The van der Waals surface area contributed by atoms with Crippen molar-refractivity contribution >= 4 is 16.9 Å². The maximum Gasteiger partial charge on any atom is 0.310 e. The first kappa shape index (κ1) is 19.0. The summed E-state index contributed by atoms with van der Waals surface area (Å²) in [5, 5.41) is 1.06. The van der Waals surface area contributed by atoms with E-state index in [1.165, 1.54) is 11.6 Å². The van der Waals surface area contributed by atoms with Crippen LogP contribution in [0.25, 0.3) is 22.3 Å². The van der Waals surface area contributed by atoms with E-state index in [9.17, 15) is 14.0 Å². The molecular formula is C24H23FN2O3. The van der Waals surface area contributed by atoms with E-state index in [4.69, 9.17) is 9.72 Å². The Hall–Kier alpha value is -3.02. The van der Waals surface area contributed by atoms with Gasteiger partial charge in [0.25, 0.3) is 5.56 Å². The molecule has 4 heterocycles. The first-order valence-corrected chi connectivity index (χ1v) is 10.6. The number of halogens is 1. The van der Waals surface area contributed by atoms with E-state index in [0.717, 1.165) is 47.2 Å². The molecule has 0 fully saturated rings. The van der Waals surface area contributed by atoms with Crippen LogP contribution in [0.5, 0.6) is 0 Å². The van der Waals surface area contributed by atoms with Crippen molar-refractivity contribution in [2.75, 3.05) is 0 Å². The van der Waals surface area contributed by atoms with Crippen molar-refractivity contribution in [1.82, 2.24) is 9.55 Å². The van der Waals surface area contributed by atoms with Crippen LogP contribution in [-0.2, 0) is 41.9 Å². The van der Waals surface area contributed by atoms with Gasteiger partial charge in [0.05, 0.1) is 35.4 Å². The molecule has 6 heteroatoms. The standard InChI is InChI=1S/C22H17FN2O3.C2H6/c1-10-12-3-2-4-13-14-8-25-18(21(14)24-17(20(12)13)7-16(10)23)5-11-6-19(26)28-9-15(11)22(25)27;1-2/h5,7H,2-4,6,8-9H2,1H3;1-2H3. The second-order valence-electron chi connectivity index (χ2n) is 7.89. The zero-order valence-electron chi connectivity index (χ0n) is 17.4. The highest BCUT2D eigenvalue weighted by Crippen LogP contribution is 2.41. The molecule has 0 radical (unpaired) electrons. The second kappa shape index (κ2) is 6.76. The van der Waals surface area contributed by atoms with Gasteiger partial charge in [0.2, 0.25) is 0 Å². The van der Waals surface area contributed by atoms with Gasteiger partial charge in [-0.1, -0.05) is 13.8 Å². The zero-order chi connectivity index (χ0) is 21.2. The molecule has 0 saturated carbocycles. The van der Waals surface area contributed by atoms with Crippen LogP contribution >= 0.6 is 0 Å². The Balaban J connectivity index is 0.000000937. The lowest BCUT2D eigenvalue weighted by Crippen LogP contribution is -2.30. The lowest BCUT2D eigenvalue weighted by atomic mass is 9.85. The molecule has 0 spiro atoms. The van der Waals surface area contributed by atoms with Crippen molar-refractivity contribution in [2.45, 2.75) is 59.6 Å². The number of carbonyl (C=O) groups excluding carboxylic acids is 1. The molecule has 2 aromatic heterocycles. The number of hydrogen-bond donors (Lipinski definition) is 0. The summed E-state index contributed by atoms with van der Waals surface area (Å²) in [5.74, 6) is -0.551. The molecule has 1 aliphatic carbocycles. The third-order valence-electron chi connectivity index (χ3n) is 6.43. The highest BCUT2D eigenvalue weighted by atomic mass is 19.1. The van der Waals surface area contributed by atoms with Crippen molar-refractivity contribution in [3.05, 3.63) is 61.7 Å². The van der Waals surface area contributed by atoms with Gasteiger partial charge in [-0.25, -0.2) is 9.37 Å². The highest BCUT2D eigenvalue weighted by molar-refractivity contribution is 5.92. The van der Waals surface area contributed by atoms with Gasteiger partial charge in [0.1, 0.15) is 12.4 Å². The van der Waals surface area contributed by atoms with Gasteiger partial charge in [-0.15, -0.1) is 0 Å². The van der Waals surface area contributed by atoms with Crippen LogP contribution in [0.3, 0.4) is 0 Å². The first-order valence-electron chi connectivity index (χ1n) is 10.6. The summed E-state index contributed by atoms with van der Waals surface area (Å²) in [6, 6.07) is 3.41. The molecule has 3 aromatic rings. The van der Waals surface area contributed by atoms with Crippen LogP contribution in [0.4, 0.5) is 4.39 Å². The summed E-state index contributed by atoms with van der Waals surface area (Å²) in [6.07, 6.45) is 2.83. The number of benzene rings is 1. The molecule has 0 amide bonds. The van der Waals surface area contributed by atoms with Crippen molar-refractivity contribution in [2.24, 2.45) is 0 Å². The number of cyclic esters (lactones) is 1. The third kappa shape index (κ3) is 2.49. The fourth-order valence-electron chi connectivity index (χ4n) is 5.03. The number of rotatable bonds is 0. The minimum absolute atomic E-state index is 0.0282. The average molecular weight is 406 g/mol. The van der Waals surface area contributed by atoms with Gasteiger partial charge >= 0.3 is 5.97 Å². The van der Waals surface area contributed by atoms with Crippen LogP contribution in [0.1, 0.15) is 53.6 Å². The SMILES string of the molecule is CC.Cc1c(F)cc2nc3c(c4c2c1CCC4)Cn1c-3cc2c(c1=O)COC(=O)C2. The van der Waals surface area contributed by atoms with Crippen LogP contribution in [0.15, 0.2) is 16.9 Å². The summed E-state index contributed by atoms with van der Waals surface area (Å²) in [4.78, 5) is 29.5. The molecule has 0 unspecified atom stereocenters. The van der Waals surface area contributed by atoms with E-state index in [1.54, 1.807) is 4.57 Å². The number of fused-ring (bicyclic) bond motifs is 5. The molecule has 1 aromatic carbocycles. The van der Waals surface area contributed by atoms with Crippen molar-refractivity contribution < 1.29 is 13.9 Å². The molecule has 0 atom stereocenters. The number of aromatic nitrogens is 2. The number of nitrogens with zero attached hydrogens (tertiary/aromatic N) is 2. The predicted molar refractivity (Wildman–Crippen MR) is 112 cm³/mol. The highest BCUT2D eigenvalue weighted by Gasteiger charge is 2.32. The summed E-state index contributed by atoms with van der Waals surface area (Å²) in [5.41, 5.74) is 7.28. The Kier molecular flexibility index (Phi) is 4.27. The first-order chi connectivity index (χ1) is 14.5. The lowest BCUT2D eigenvalue weighted by Gasteiger charge is -2.21. The molecular weight excluding hydrogens is 383 g/mol. The number of pyridine rings is 2. The average Bonchev–Trinajstić information content (AvgIpc) is 3.12. The van der Waals surface area contributed by atoms with Crippen molar-refractivity contribution in [1.29, 1.82) is 0 Å². The molecule has 30 heavy (non-hydrogen) atoms. The molecule has 6 rings (SSSR count). The fourth-order valence-corrected chi connectivity index (χ4v) is 5.03. The maximum absolute atomic E-state index is 14.5. The minimum atomic E-state index is -0.321. The summed E-state index contributed by atoms with van der Waals surface area (Å²) >= 11 is 0. The Morgan fingerprint density at radius 3 is 2.63 bits per heavy atom. The Morgan fingerprint density at radius 2 is 1.83 bits per heavy atom. The zero-order valence-corrected chi connectivity index (χ0v) is 17.4. The van der Waals surface area contributed by atoms with Crippen LogP contribution in [0, 0.1) is 12.7 Å². The Morgan fingerprint density at radius 1 is 1.07 bits per heavy atom. The normalized spacial score (nSPS) is 15.7. The summed E-state index contributed by atoms with van der Waals surface area (Å²) in [6.45, 7) is 6.33. The second-order valence-corrected chi connectivity index (χ2v) is 7.89. The monoisotopic (exact) mass is 406 g/mol. The smallest absolute Gasteiger partial charge is 0.310 e. The number of hydrogen-bond acceptors (Lipinski definition) is 4. The van der Waals surface area contributed by atoms with Gasteiger partial charge in [-0.05, 0) is 54.5 Å². The fraction of sp³-hybridized carbons (Fsp3) is 0.375. The van der Waals surface area contributed by atoms with Crippen molar-refractivity contribution in [3.63, 3.8) is 0 Å². The van der Waals surface area contributed by atoms with E-state index in [-0.39, 0.29) is 30.4 Å². The molecule has 2 aliphatic heterocycles. The van der Waals surface area contributed by atoms with E-state index >= 15 is 0 Å².